The summed E-state index contributed by atoms with van der Waals surface area (Å²) in [7, 11) is 0. The highest BCUT2D eigenvalue weighted by Gasteiger charge is 2.14. The van der Waals surface area contributed by atoms with Crippen molar-refractivity contribution in [1.82, 2.24) is 15.8 Å². The molecule has 0 spiro atoms. The maximum atomic E-state index is 13.0. The van der Waals surface area contributed by atoms with E-state index in [1.165, 1.54) is 0 Å². The molecule has 4 nitrogen and oxygen atoms in total. The van der Waals surface area contributed by atoms with Crippen LogP contribution in [0.3, 0.4) is 0 Å². The van der Waals surface area contributed by atoms with Crippen LogP contribution < -0.4 is 10.9 Å². The summed E-state index contributed by atoms with van der Waals surface area (Å²) in [6.07, 6.45) is 0. The number of amides is 1. The molecule has 0 radical (unpaired) electrons. The second-order valence-corrected chi connectivity index (χ2v) is 6.94. The molecule has 0 bridgehead atoms. The minimum Gasteiger partial charge on any atom is -0.298 e. The number of halogens is 1. The van der Waals surface area contributed by atoms with Gasteiger partial charge in [0.15, 0.2) is 0 Å². The number of nitrogens with zero attached hydrogens (tertiary/aromatic N) is 1. The lowest BCUT2D eigenvalue weighted by Gasteiger charge is -2.13. The minimum atomic E-state index is -0.268. The van der Waals surface area contributed by atoms with E-state index in [0.717, 1.165) is 22.0 Å². The largest absolute Gasteiger partial charge is 0.298 e. The Morgan fingerprint density at radius 3 is 2.31 bits per heavy atom. The Kier molecular flexibility index (Phi) is 5.27. The number of hydrogen-bond donors (Lipinski definition) is 2. The van der Waals surface area contributed by atoms with E-state index in [1.807, 2.05) is 66.7 Å². The van der Waals surface area contributed by atoms with Gasteiger partial charge in [-0.25, -0.2) is 4.98 Å². The van der Waals surface area contributed by atoms with Gasteiger partial charge < -0.3 is 0 Å². The monoisotopic (exact) mass is 399 g/mol. The van der Waals surface area contributed by atoms with Crippen molar-refractivity contribution in [3.8, 4) is 11.3 Å². The fourth-order valence-corrected chi connectivity index (χ4v) is 3.17. The lowest BCUT2D eigenvalue weighted by atomic mass is 10.0. The summed E-state index contributed by atoms with van der Waals surface area (Å²) < 4.78 is 0. The Labute approximate surface area is 173 Å². The first kappa shape index (κ1) is 18.7. The zero-order valence-electron chi connectivity index (χ0n) is 15.5. The molecule has 29 heavy (non-hydrogen) atoms. The minimum absolute atomic E-state index is 0.268. The highest BCUT2D eigenvalue weighted by Crippen LogP contribution is 2.26. The Hall–Kier alpha value is -3.63. The second-order valence-electron chi connectivity index (χ2n) is 6.50. The number of nitrogens with one attached hydrogen (secondary N) is 2. The third-order valence-electron chi connectivity index (χ3n) is 4.55. The van der Waals surface area contributed by atoms with Crippen LogP contribution in [0.4, 0.5) is 0 Å². The predicted octanol–water partition coefficient (Wildman–Crippen LogP) is 5.46. The molecule has 3 aromatic carbocycles. The van der Waals surface area contributed by atoms with E-state index in [0.29, 0.717) is 22.0 Å². The summed E-state index contributed by atoms with van der Waals surface area (Å²) >= 11 is 6.00. The number of carbonyl (C=O) groups is 1. The van der Waals surface area contributed by atoms with Crippen molar-refractivity contribution in [2.45, 2.75) is 0 Å². The highest BCUT2D eigenvalue weighted by atomic mass is 35.5. The molecular weight excluding hydrogens is 382 g/mol. The van der Waals surface area contributed by atoms with Crippen LogP contribution in [0.1, 0.15) is 15.9 Å². The number of benzene rings is 3. The second kappa shape index (κ2) is 8.17. The van der Waals surface area contributed by atoms with Crippen LogP contribution in [0, 0.1) is 0 Å². The molecule has 4 rings (SSSR count). The maximum Gasteiger partial charge on any atom is 0.270 e. The van der Waals surface area contributed by atoms with Gasteiger partial charge in [0, 0.05) is 16.0 Å². The summed E-state index contributed by atoms with van der Waals surface area (Å²) in [6, 6.07) is 26.3. The summed E-state index contributed by atoms with van der Waals surface area (Å²) in [5.74, 6) is -0.268. The van der Waals surface area contributed by atoms with Crippen molar-refractivity contribution in [3.63, 3.8) is 0 Å². The van der Waals surface area contributed by atoms with Crippen LogP contribution >= 0.6 is 11.6 Å². The third-order valence-corrected chi connectivity index (χ3v) is 4.80. The average molecular weight is 400 g/mol. The fourth-order valence-electron chi connectivity index (χ4n) is 3.04. The molecule has 0 saturated heterocycles. The van der Waals surface area contributed by atoms with Gasteiger partial charge >= 0.3 is 0 Å². The Morgan fingerprint density at radius 2 is 1.55 bits per heavy atom. The standard InChI is InChI=1S/C24H18ClN3O/c1-16(17-7-3-2-4-8-17)27-28-24(29)21-15-23(18-11-13-19(25)14-12-18)26-22-10-6-5-9-20(21)22/h2-15,27H,1H2,(H,28,29). The first-order chi connectivity index (χ1) is 14.1. The molecule has 0 saturated carbocycles. The van der Waals surface area contributed by atoms with E-state index in [4.69, 9.17) is 16.6 Å². The number of aromatic nitrogens is 1. The molecule has 1 heterocycles. The number of rotatable bonds is 5. The molecule has 142 valence electrons. The molecule has 5 heteroatoms. The quantitative estimate of drug-likeness (QED) is 0.438. The van der Waals surface area contributed by atoms with Gasteiger partial charge in [0.05, 0.1) is 22.5 Å². The normalized spacial score (nSPS) is 10.5. The first-order valence-corrected chi connectivity index (χ1v) is 9.46. The van der Waals surface area contributed by atoms with Crippen molar-refractivity contribution in [3.05, 3.63) is 108 Å². The Bertz CT molecular complexity index is 1190. The van der Waals surface area contributed by atoms with Gasteiger partial charge in [-0.3, -0.25) is 15.6 Å². The number of carbonyl (C=O) groups excluding carboxylic acids is 1. The van der Waals surface area contributed by atoms with Crippen LogP contribution in [0.25, 0.3) is 27.9 Å². The third kappa shape index (κ3) is 4.13. The van der Waals surface area contributed by atoms with Gasteiger partial charge in [0.1, 0.15) is 0 Å². The molecular formula is C24H18ClN3O. The smallest absolute Gasteiger partial charge is 0.270 e. The number of hydrogen-bond acceptors (Lipinski definition) is 3. The molecule has 0 aliphatic heterocycles. The summed E-state index contributed by atoms with van der Waals surface area (Å²) in [4.78, 5) is 17.7. The molecule has 4 aromatic rings. The van der Waals surface area contributed by atoms with Crippen LogP contribution in [-0.2, 0) is 0 Å². The fraction of sp³-hybridized carbons (Fsp3) is 0. The van der Waals surface area contributed by atoms with Crippen molar-refractivity contribution >= 4 is 34.1 Å². The molecule has 2 N–H and O–H groups in total. The van der Waals surface area contributed by atoms with Gasteiger partial charge in [-0.05, 0) is 29.8 Å². The van der Waals surface area contributed by atoms with Gasteiger partial charge in [-0.2, -0.15) is 0 Å². The van der Waals surface area contributed by atoms with Gasteiger partial charge in [-0.15, -0.1) is 0 Å². The van der Waals surface area contributed by atoms with Gasteiger partial charge in [0.25, 0.3) is 5.91 Å². The van der Waals surface area contributed by atoms with Crippen molar-refractivity contribution in [2.24, 2.45) is 0 Å². The van der Waals surface area contributed by atoms with Gasteiger partial charge in [0.2, 0.25) is 0 Å². The van der Waals surface area contributed by atoms with E-state index in [-0.39, 0.29) is 5.91 Å². The number of hydrazine groups is 1. The maximum absolute atomic E-state index is 13.0. The van der Waals surface area contributed by atoms with E-state index >= 15 is 0 Å². The van der Waals surface area contributed by atoms with Crippen LogP contribution in [0.2, 0.25) is 5.02 Å². The lowest BCUT2D eigenvalue weighted by Crippen LogP contribution is -2.36. The lowest BCUT2D eigenvalue weighted by molar-refractivity contribution is 0.0944. The average Bonchev–Trinajstić information content (AvgIpc) is 2.77. The number of fused-ring (bicyclic) bond motifs is 1. The van der Waals surface area contributed by atoms with Crippen molar-refractivity contribution < 1.29 is 4.79 Å². The summed E-state index contributed by atoms with van der Waals surface area (Å²) in [5.41, 5.74) is 9.99. The van der Waals surface area contributed by atoms with E-state index in [1.54, 1.807) is 18.2 Å². The van der Waals surface area contributed by atoms with E-state index in [9.17, 15) is 4.79 Å². The molecule has 0 atom stereocenters. The van der Waals surface area contributed by atoms with E-state index < -0.39 is 0 Å². The zero-order valence-corrected chi connectivity index (χ0v) is 16.3. The zero-order chi connectivity index (χ0) is 20.2. The highest BCUT2D eigenvalue weighted by molar-refractivity contribution is 6.30. The van der Waals surface area contributed by atoms with Crippen molar-refractivity contribution in [1.29, 1.82) is 0 Å². The van der Waals surface area contributed by atoms with Crippen LogP contribution in [-0.4, -0.2) is 10.9 Å². The first-order valence-electron chi connectivity index (χ1n) is 9.08. The number of pyridine rings is 1. The molecule has 0 fully saturated rings. The summed E-state index contributed by atoms with van der Waals surface area (Å²) in [5, 5.41) is 1.42. The van der Waals surface area contributed by atoms with Crippen LogP contribution in [0.5, 0.6) is 0 Å². The molecule has 0 aliphatic carbocycles. The summed E-state index contributed by atoms with van der Waals surface area (Å²) in [6.45, 7) is 3.98. The van der Waals surface area contributed by atoms with Crippen molar-refractivity contribution in [2.75, 3.05) is 0 Å². The Balaban J connectivity index is 1.65. The molecule has 1 amide bonds. The molecule has 0 aliphatic rings. The Morgan fingerprint density at radius 1 is 0.862 bits per heavy atom. The van der Waals surface area contributed by atoms with E-state index in [2.05, 4.69) is 17.4 Å². The topological polar surface area (TPSA) is 54.0 Å². The predicted molar refractivity (Wildman–Crippen MR) is 118 cm³/mol. The van der Waals surface area contributed by atoms with Gasteiger partial charge in [-0.1, -0.05) is 78.8 Å². The van der Waals surface area contributed by atoms with Crippen LogP contribution in [0.15, 0.2) is 91.5 Å². The molecule has 0 unspecified atom stereocenters. The SMILES string of the molecule is C=C(NNC(=O)c1cc(-c2ccc(Cl)cc2)nc2ccccc12)c1ccccc1. The number of para-hydroxylation sites is 1. The molecule has 1 aromatic heterocycles.